The SMILES string of the molecule is CN1CCC(c2cc(=O)[nH]o2)CC1Cc1cc(C(C)(C)C)cc(C(C)(C)C)c1. The van der Waals surface area contributed by atoms with Crippen molar-refractivity contribution in [1.82, 2.24) is 10.1 Å². The average molecular weight is 385 g/mol. The van der Waals surface area contributed by atoms with Gasteiger partial charge in [0.05, 0.1) is 0 Å². The third kappa shape index (κ3) is 4.78. The van der Waals surface area contributed by atoms with Crippen LogP contribution in [0.2, 0.25) is 0 Å². The number of rotatable bonds is 3. The van der Waals surface area contributed by atoms with Crippen molar-refractivity contribution < 1.29 is 4.52 Å². The zero-order chi connectivity index (χ0) is 20.7. The highest BCUT2D eigenvalue weighted by Gasteiger charge is 2.30. The summed E-state index contributed by atoms with van der Waals surface area (Å²) in [6.07, 6.45) is 3.07. The molecule has 4 heteroatoms. The minimum atomic E-state index is -0.141. The minimum absolute atomic E-state index is 0.130. The summed E-state index contributed by atoms with van der Waals surface area (Å²) in [5.74, 6) is 1.12. The Morgan fingerprint density at radius 1 is 1.04 bits per heavy atom. The summed E-state index contributed by atoms with van der Waals surface area (Å²) >= 11 is 0. The predicted molar refractivity (Wildman–Crippen MR) is 115 cm³/mol. The van der Waals surface area contributed by atoms with Gasteiger partial charge >= 0.3 is 0 Å². The molecule has 1 aromatic heterocycles. The highest BCUT2D eigenvalue weighted by Crippen LogP contribution is 2.34. The van der Waals surface area contributed by atoms with Crippen LogP contribution < -0.4 is 5.56 Å². The van der Waals surface area contributed by atoms with Crippen LogP contribution in [0.5, 0.6) is 0 Å². The van der Waals surface area contributed by atoms with E-state index in [9.17, 15) is 4.79 Å². The number of likely N-dealkylation sites (N-methyl/N-ethyl adjacent to an activating group) is 1. The van der Waals surface area contributed by atoms with Gasteiger partial charge in [0.25, 0.3) is 5.56 Å². The Morgan fingerprint density at radius 2 is 1.64 bits per heavy atom. The van der Waals surface area contributed by atoms with E-state index < -0.39 is 0 Å². The first-order valence-electron chi connectivity index (χ1n) is 10.5. The van der Waals surface area contributed by atoms with E-state index in [4.69, 9.17) is 4.52 Å². The van der Waals surface area contributed by atoms with Crippen LogP contribution in [-0.4, -0.2) is 29.7 Å². The molecule has 1 fully saturated rings. The van der Waals surface area contributed by atoms with E-state index in [0.29, 0.717) is 12.0 Å². The minimum Gasteiger partial charge on any atom is -0.383 e. The molecule has 3 rings (SSSR count). The Hall–Kier alpha value is -1.81. The molecule has 1 aliphatic heterocycles. The molecule has 0 spiro atoms. The molecular formula is C24H36N2O2. The van der Waals surface area contributed by atoms with Crippen LogP contribution in [0.25, 0.3) is 0 Å². The van der Waals surface area contributed by atoms with E-state index in [2.05, 4.69) is 76.8 Å². The predicted octanol–water partition coefficient (Wildman–Crippen LogP) is 4.98. The van der Waals surface area contributed by atoms with E-state index in [1.54, 1.807) is 6.07 Å². The molecule has 2 atom stereocenters. The summed E-state index contributed by atoms with van der Waals surface area (Å²) in [5, 5.41) is 2.45. The van der Waals surface area contributed by atoms with Gasteiger partial charge in [0.15, 0.2) is 0 Å². The van der Waals surface area contributed by atoms with Gasteiger partial charge in [-0.3, -0.25) is 4.79 Å². The van der Waals surface area contributed by atoms with Crippen molar-refractivity contribution in [3.8, 4) is 0 Å². The number of hydrogen-bond acceptors (Lipinski definition) is 3. The number of hydrogen-bond donors (Lipinski definition) is 1. The maximum absolute atomic E-state index is 11.5. The summed E-state index contributed by atoms with van der Waals surface area (Å²) in [6.45, 7) is 14.7. The van der Waals surface area contributed by atoms with Crippen molar-refractivity contribution in [2.24, 2.45) is 0 Å². The first kappa shape index (κ1) is 20.9. The number of aromatic nitrogens is 1. The fourth-order valence-electron chi connectivity index (χ4n) is 4.11. The molecule has 1 aliphatic rings. The zero-order valence-electron chi connectivity index (χ0n) is 18.6. The smallest absolute Gasteiger partial charge is 0.280 e. The fourth-order valence-corrected chi connectivity index (χ4v) is 4.11. The lowest BCUT2D eigenvalue weighted by atomic mass is 9.78. The molecule has 1 aromatic carbocycles. The molecule has 2 heterocycles. The number of benzene rings is 1. The van der Waals surface area contributed by atoms with Crippen molar-refractivity contribution in [2.45, 2.75) is 83.6 Å². The molecule has 0 amide bonds. The molecule has 2 aromatic rings. The van der Waals surface area contributed by atoms with Crippen molar-refractivity contribution in [3.63, 3.8) is 0 Å². The monoisotopic (exact) mass is 384 g/mol. The van der Waals surface area contributed by atoms with Crippen LogP contribution in [0, 0.1) is 0 Å². The van der Waals surface area contributed by atoms with E-state index in [-0.39, 0.29) is 16.4 Å². The molecular weight excluding hydrogens is 348 g/mol. The molecule has 0 bridgehead atoms. The molecule has 4 nitrogen and oxygen atoms in total. The second-order valence-electron chi connectivity index (χ2n) is 10.6. The van der Waals surface area contributed by atoms with Crippen LogP contribution in [0.1, 0.15) is 82.8 Å². The Labute approximate surface area is 169 Å². The lowest BCUT2D eigenvalue weighted by molar-refractivity contribution is 0.155. The second kappa shape index (κ2) is 7.55. The first-order valence-corrected chi connectivity index (χ1v) is 10.5. The van der Waals surface area contributed by atoms with Gasteiger partial charge in [-0.2, -0.15) is 5.16 Å². The topological polar surface area (TPSA) is 49.2 Å². The van der Waals surface area contributed by atoms with Crippen LogP contribution in [-0.2, 0) is 17.3 Å². The zero-order valence-corrected chi connectivity index (χ0v) is 18.6. The van der Waals surface area contributed by atoms with Gasteiger partial charge in [-0.25, -0.2) is 0 Å². The molecule has 1 N–H and O–H groups in total. The Balaban J connectivity index is 1.87. The first-order chi connectivity index (χ1) is 12.9. The largest absolute Gasteiger partial charge is 0.383 e. The molecule has 0 aliphatic carbocycles. The van der Waals surface area contributed by atoms with Gasteiger partial charge in [-0.15, -0.1) is 0 Å². The lowest BCUT2D eigenvalue weighted by Crippen LogP contribution is -2.40. The number of likely N-dealkylation sites (tertiary alicyclic amines) is 1. The van der Waals surface area contributed by atoms with Gasteiger partial charge < -0.3 is 9.42 Å². The van der Waals surface area contributed by atoms with Gasteiger partial charge in [-0.1, -0.05) is 59.7 Å². The van der Waals surface area contributed by atoms with Crippen LogP contribution in [0.15, 0.2) is 33.6 Å². The van der Waals surface area contributed by atoms with Crippen molar-refractivity contribution >= 4 is 0 Å². The van der Waals surface area contributed by atoms with Crippen molar-refractivity contribution in [1.29, 1.82) is 0 Å². The van der Waals surface area contributed by atoms with Crippen LogP contribution in [0.4, 0.5) is 0 Å². The number of piperidine rings is 1. The number of H-pyrrole nitrogens is 1. The van der Waals surface area contributed by atoms with Gasteiger partial charge in [0.2, 0.25) is 0 Å². The molecule has 1 saturated heterocycles. The Bertz CT molecular complexity index is 831. The van der Waals surface area contributed by atoms with Crippen LogP contribution >= 0.6 is 0 Å². The molecule has 0 saturated carbocycles. The molecule has 28 heavy (non-hydrogen) atoms. The maximum Gasteiger partial charge on any atom is 0.280 e. The summed E-state index contributed by atoms with van der Waals surface area (Å²) in [5.41, 5.74) is 4.34. The number of nitrogens with one attached hydrogen (secondary N) is 1. The highest BCUT2D eigenvalue weighted by atomic mass is 16.5. The highest BCUT2D eigenvalue weighted by molar-refractivity contribution is 5.37. The summed E-state index contributed by atoms with van der Waals surface area (Å²) in [4.78, 5) is 13.9. The summed E-state index contributed by atoms with van der Waals surface area (Å²) in [6, 6.07) is 9.23. The van der Waals surface area contributed by atoms with Crippen molar-refractivity contribution in [2.75, 3.05) is 13.6 Å². The maximum atomic E-state index is 11.5. The van der Waals surface area contributed by atoms with Gasteiger partial charge in [0.1, 0.15) is 5.76 Å². The number of aromatic amines is 1. The quantitative estimate of drug-likeness (QED) is 0.811. The number of nitrogens with zero attached hydrogens (tertiary/aromatic N) is 1. The van der Waals surface area contributed by atoms with Gasteiger partial charge in [-0.05, 0) is 60.4 Å². The Morgan fingerprint density at radius 3 is 2.14 bits per heavy atom. The molecule has 2 unspecified atom stereocenters. The lowest BCUT2D eigenvalue weighted by Gasteiger charge is -2.37. The van der Waals surface area contributed by atoms with E-state index in [1.807, 2.05) is 0 Å². The standard InChI is InChI=1S/C24H36N2O2/c1-23(2,3)18-10-16(11-19(14-18)24(4,5)6)12-20-13-17(8-9-26(20)7)21-15-22(27)25-28-21/h10-11,14-15,17,20H,8-9,12-13H2,1-7H3,(H,25,27). The molecule has 154 valence electrons. The molecule has 0 radical (unpaired) electrons. The van der Waals surface area contributed by atoms with E-state index in [0.717, 1.165) is 31.6 Å². The third-order valence-corrected chi connectivity index (χ3v) is 6.15. The third-order valence-electron chi connectivity index (χ3n) is 6.15. The normalized spacial score (nSPS) is 21.8. The van der Waals surface area contributed by atoms with Crippen LogP contribution in [0.3, 0.4) is 0 Å². The van der Waals surface area contributed by atoms with E-state index in [1.165, 1.54) is 16.7 Å². The second-order valence-corrected chi connectivity index (χ2v) is 10.6. The summed E-state index contributed by atoms with van der Waals surface area (Å²) < 4.78 is 5.41. The summed E-state index contributed by atoms with van der Waals surface area (Å²) in [7, 11) is 2.21. The van der Waals surface area contributed by atoms with Gasteiger partial charge in [0, 0.05) is 18.0 Å². The fraction of sp³-hybridized carbons (Fsp3) is 0.625. The van der Waals surface area contributed by atoms with Crippen molar-refractivity contribution in [3.05, 3.63) is 57.1 Å². The average Bonchev–Trinajstić information content (AvgIpc) is 3.01. The van der Waals surface area contributed by atoms with E-state index >= 15 is 0 Å². The Kier molecular flexibility index (Phi) is 5.64.